The Balaban J connectivity index is 1.29. The number of nitrogens with one attached hydrogen (secondary N) is 2. The molecule has 0 saturated carbocycles. The van der Waals surface area contributed by atoms with Gasteiger partial charge in [-0.05, 0) is 65.7 Å². The maximum Gasteiger partial charge on any atom is 0.319 e. The Labute approximate surface area is 167 Å². The molecule has 0 radical (unpaired) electrons. The normalized spacial score (nSPS) is 10.7. The summed E-state index contributed by atoms with van der Waals surface area (Å²) in [6.45, 7) is 2.34. The average Bonchev–Trinajstić information content (AvgIpc) is 3.41. The Morgan fingerprint density at radius 3 is 2.66 bits per heavy atom. The highest BCUT2D eigenvalue weighted by molar-refractivity contribution is 5.89. The molecule has 9 nitrogen and oxygen atoms in total. The fourth-order valence-electron chi connectivity index (χ4n) is 2.92. The molecule has 29 heavy (non-hydrogen) atoms. The first kappa shape index (κ1) is 18.4. The lowest BCUT2D eigenvalue weighted by molar-refractivity contribution is 0.252. The van der Waals surface area contributed by atoms with Gasteiger partial charge in [0.2, 0.25) is 0 Å². The van der Waals surface area contributed by atoms with Gasteiger partial charge >= 0.3 is 6.03 Å². The molecule has 0 aliphatic carbocycles. The lowest BCUT2D eigenvalue weighted by atomic mass is 10.1. The van der Waals surface area contributed by atoms with Gasteiger partial charge in [-0.3, -0.25) is 0 Å². The van der Waals surface area contributed by atoms with Crippen LogP contribution in [0.5, 0.6) is 0 Å². The summed E-state index contributed by atoms with van der Waals surface area (Å²) in [5.74, 6) is 0.671. The topological polar surface area (TPSA) is 103 Å². The Kier molecular flexibility index (Phi) is 5.28. The molecule has 4 aromatic rings. The number of carbonyl (C=O) groups excluding carboxylic acids is 1. The van der Waals surface area contributed by atoms with E-state index in [4.69, 9.17) is 0 Å². The molecule has 146 valence electrons. The fourth-order valence-corrected chi connectivity index (χ4v) is 2.92. The smallest absolute Gasteiger partial charge is 0.319 e. The first-order chi connectivity index (χ1) is 14.2. The maximum absolute atomic E-state index is 12.2. The highest BCUT2D eigenvalue weighted by atomic mass is 16.2. The minimum Gasteiger partial charge on any atom is -0.338 e. The lowest BCUT2D eigenvalue weighted by Crippen LogP contribution is -2.30. The monoisotopic (exact) mass is 388 g/mol. The van der Waals surface area contributed by atoms with Gasteiger partial charge in [-0.1, -0.05) is 18.2 Å². The zero-order valence-corrected chi connectivity index (χ0v) is 15.9. The van der Waals surface area contributed by atoms with Gasteiger partial charge in [-0.15, -0.1) is 5.10 Å². The Hall–Kier alpha value is -4.01. The van der Waals surface area contributed by atoms with Gasteiger partial charge in [0.15, 0.2) is 5.82 Å². The predicted molar refractivity (Wildman–Crippen MR) is 108 cm³/mol. The number of aryl methyl sites for hydroxylation is 1. The molecule has 4 rings (SSSR count). The summed E-state index contributed by atoms with van der Waals surface area (Å²) in [5.41, 5.74) is 3.58. The first-order valence-electron chi connectivity index (χ1n) is 9.18. The molecule has 0 aliphatic heterocycles. The number of urea groups is 1. The van der Waals surface area contributed by atoms with Gasteiger partial charge < -0.3 is 10.6 Å². The summed E-state index contributed by atoms with van der Waals surface area (Å²) in [4.78, 5) is 12.2. The quantitative estimate of drug-likeness (QED) is 0.528. The van der Waals surface area contributed by atoms with E-state index in [-0.39, 0.29) is 6.03 Å². The standard InChI is InChI=1S/C20H20N8O/c1-15-24-25-26-28(15)19-5-2-4-17(14-19)23-20(29)21-12-10-16-6-8-18(9-7-16)27-13-3-11-22-27/h2-9,11,13-14H,10,12H2,1H3,(H2,21,23,29). The Morgan fingerprint density at radius 2 is 1.93 bits per heavy atom. The number of aromatic nitrogens is 6. The Morgan fingerprint density at radius 1 is 1.07 bits per heavy atom. The number of hydrogen-bond acceptors (Lipinski definition) is 5. The molecule has 0 bridgehead atoms. The van der Waals surface area contributed by atoms with Gasteiger partial charge in [0.05, 0.1) is 11.4 Å². The number of amides is 2. The van der Waals surface area contributed by atoms with Gasteiger partial charge in [0, 0.05) is 24.6 Å². The minimum absolute atomic E-state index is 0.260. The summed E-state index contributed by atoms with van der Waals surface area (Å²) in [5, 5.41) is 21.4. The van der Waals surface area contributed by atoms with Crippen molar-refractivity contribution in [2.24, 2.45) is 0 Å². The molecule has 0 saturated heterocycles. The second-order valence-electron chi connectivity index (χ2n) is 6.44. The van der Waals surface area contributed by atoms with E-state index < -0.39 is 0 Å². The van der Waals surface area contributed by atoms with Crippen molar-refractivity contribution in [2.75, 3.05) is 11.9 Å². The fraction of sp³-hybridized carbons (Fsp3) is 0.150. The van der Waals surface area contributed by atoms with Gasteiger partial charge in [0.1, 0.15) is 0 Å². The van der Waals surface area contributed by atoms with Gasteiger partial charge in [0.25, 0.3) is 0 Å². The summed E-state index contributed by atoms with van der Waals surface area (Å²) in [6, 6.07) is 17.1. The third kappa shape index (κ3) is 4.46. The third-order valence-corrected chi connectivity index (χ3v) is 4.38. The third-order valence-electron chi connectivity index (χ3n) is 4.38. The van der Waals surface area contributed by atoms with E-state index in [1.165, 1.54) is 0 Å². The summed E-state index contributed by atoms with van der Waals surface area (Å²) in [6.07, 6.45) is 4.38. The second-order valence-corrected chi connectivity index (χ2v) is 6.44. The summed E-state index contributed by atoms with van der Waals surface area (Å²) >= 11 is 0. The van der Waals surface area contributed by atoms with E-state index in [1.807, 2.05) is 67.7 Å². The largest absolute Gasteiger partial charge is 0.338 e. The van der Waals surface area contributed by atoms with E-state index in [9.17, 15) is 4.79 Å². The highest BCUT2D eigenvalue weighted by Gasteiger charge is 2.06. The molecule has 0 atom stereocenters. The molecule has 0 fully saturated rings. The van der Waals surface area contributed by atoms with E-state index in [1.54, 1.807) is 15.6 Å². The van der Waals surface area contributed by atoms with Crippen molar-refractivity contribution >= 4 is 11.7 Å². The van der Waals surface area contributed by atoms with E-state index >= 15 is 0 Å². The minimum atomic E-state index is -0.260. The van der Waals surface area contributed by atoms with E-state index in [0.717, 1.165) is 23.4 Å². The second kappa shape index (κ2) is 8.34. The van der Waals surface area contributed by atoms with Crippen molar-refractivity contribution in [3.05, 3.63) is 78.4 Å². The van der Waals surface area contributed by atoms with Crippen molar-refractivity contribution in [1.82, 2.24) is 35.3 Å². The predicted octanol–water partition coefficient (Wildman–Crippen LogP) is 2.52. The van der Waals surface area contributed by atoms with Crippen LogP contribution in [0.1, 0.15) is 11.4 Å². The van der Waals surface area contributed by atoms with Crippen LogP contribution in [0.15, 0.2) is 67.0 Å². The van der Waals surface area contributed by atoms with Crippen molar-refractivity contribution in [1.29, 1.82) is 0 Å². The van der Waals surface area contributed by atoms with Crippen LogP contribution in [0, 0.1) is 6.92 Å². The van der Waals surface area contributed by atoms with Crippen molar-refractivity contribution in [3.8, 4) is 11.4 Å². The lowest BCUT2D eigenvalue weighted by Gasteiger charge is -2.09. The van der Waals surface area contributed by atoms with Crippen LogP contribution in [0.3, 0.4) is 0 Å². The van der Waals surface area contributed by atoms with Crippen molar-refractivity contribution < 1.29 is 4.79 Å². The van der Waals surface area contributed by atoms with Crippen LogP contribution < -0.4 is 10.6 Å². The van der Waals surface area contributed by atoms with Crippen LogP contribution in [0.25, 0.3) is 11.4 Å². The number of benzene rings is 2. The molecule has 2 heterocycles. The van der Waals surface area contributed by atoms with E-state index in [2.05, 4.69) is 31.3 Å². The number of carbonyl (C=O) groups is 1. The molecule has 2 aromatic heterocycles. The average molecular weight is 388 g/mol. The van der Waals surface area contributed by atoms with Crippen LogP contribution in [-0.2, 0) is 6.42 Å². The molecular weight excluding hydrogens is 368 g/mol. The zero-order valence-electron chi connectivity index (χ0n) is 15.9. The number of nitrogens with zero attached hydrogens (tertiary/aromatic N) is 6. The summed E-state index contributed by atoms with van der Waals surface area (Å²) < 4.78 is 3.41. The molecule has 0 unspecified atom stereocenters. The molecule has 9 heteroatoms. The van der Waals surface area contributed by atoms with Crippen molar-refractivity contribution in [3.63, 3.8) is 0 Å². The van der Waals surface area contributed by atoms with Crippen molar-refractivity contribution in [2.45, 2.75) is 13.3 Å². The van der Waals surface area contributed by atoms with E-state index in [0.29, 0.717) is 18.1 Å². The van der Waals surface area contributed by atoms with Gasteiger partial charge in [-0.2, -0.15) is 9.78 Å². The van der Waals surface area contributed by atoms with Crippen LogP contribution in [0.4, 0.5) is 10.5 Å². The number of tetrazole rings is 1. The molecule has 2 amide bonds. The molecule has 0 aliphatic rings. The van der Waals surface area contributed by atoms with Gasteiger partial charge in [-0.25, -0.2) is 9.48 Å². The Bertz CT molecular complexity index is 1090. The molecular formula is C20H20N8O. The first-order valence-corrected chi connectivity index (χ1v) is 9.18. The van der Waals surface area contributed by atoms with Crippen LogP contribution >= 0.6 is 0 Å². The zero-order chi connectivity index (χ0) is 20.1. The number of rotatable bonds is 6. The molecule has 2 aromatic carbocycles. The molecule has 0 spiro atoms. The SMILES string of the molecule is Cc1nnnn1-c1cccc(NC(=O)NCCc2ccc(-n3cccn3)cc2)c1. The highest BCUT2D eigenvalue weighted by Crippen LogP contribution is 2.14. The molecule has 2 N–H and O–H groups in total. The maximum atomic E-state index is 12.2. The summed E-state index contributed by atoms with van der Waals surface area (Å²) in [7, 11) is 0. The van der Waals surface area contributed by atoms with Crippen LogP contribution in [0.2, 0.25) is 0 Å². The number of hydrogen-bond donors (Lipinski definition) is 2. The van der Waals surface area contributed by atoms with Crippen LogP contribution in [-0.4, -0.2) is 42.6 Å². The number of anilines is 1.